The monoisotopic (exact) mass is 278 g/mol. The van der Waals surface area contributed by atoms with Crippen LogP contribution >= 0.6 is 14.5 Å². The van der Waals surface area contributed by atoms with Gasteiger partial charge in [0.25, 0.3) is 0 Å². The molecule has 0 aliphatic carbocycles. The minimum atomic E-state index is -0.793. The Morgan fingerprint density at radius 1 is 0.529 bits per heavy atom. The second-order valence-electron chi connectivity index (χ2n) is 7.21. The van der Waals surface area contributed by atoms with Gasteiger partial charge in [0.15, 0.2) is 5.90 Å². The molecule has 0 rings (SSSR count). The van der Waals surface area contributed by atoms with Gasteiger partial charge in [-0.1, -0.05) is 0 Å². The van der Waals surface area contributed by atoms with Crippen LogP contribution in [0.3, 0.4) is 0 Å². The Hall–Kier alpha value is 0.860. The van der Waals surface area contributed by atoms with Crippen molar-refractivity contribution in [3.63, 3.8) is 0 Å². The molecular formula is C15H36P2+2. The predicted octanol–water partition coefficient (Wildman–Crippen LogP) is 5.87. The lowest BCUT2D eigenvalue weighted by atomic mass is 10.5. The molecule has 0 bridgehead atoms. The molecule has 0 radical (unpaired) electrons. The molecule has 2 heteroatoms. The summed E-state index contributed by atoms with van der Waals surface area (Å²) < 4.78 is 0. The molecule has 0 saturated heterocycles. The van der Waals surface area contributed by atoms with Crippen molar-refractivity contribution in [1.29, 1.82) is 0 Å². The van der Waals surface area contributed by atoms with Crippen molar-refractivity contribution in [3.05, 3.63) is 0 Å². The van der Waals surface area contributed by atoms with Crippen LogP contribution in [0.4, 0.5) is 0 Å². The highest BCUT2D eigenvalue weighted by atomic mass is 31.2. The van der Waals surface area contributed by atoms with E-state index in [0.29, 0.717) is 0 Å². The van der Waals surface area contributed by atoms with Crippen molar-refractivity contribution in [2.45, 2.75) is 78.0 Å². The molecule has 0 heterocycles. The highest BCUT2D eigenvalue weighted by molar-refractivity contribution is 7.92. The van der Waals surface area contributed by atoms with E-state index < -0.39 is 14.5 Å². The SMILES string of the molecule is CC(C)[P+](C)(C[P+](C)(C(C)C)C(C)C)C(C)C. The first-order valence-electron chi connectivity index (χ1n) is 7.18. The lowest BCUT2D eigenvalue weighted by Gasteiger charge is -2.39. The van der Waals surface area contributed by atoms with Crippen molar-refractivity contribution in [3.8, 4) is 0 Å². The Bertz CT molecular complexity index is 189. The molecule has 17 heavy (non-hydrogen) atoms. The molecule has 0 N–H and O–H groups in total. The van der Waals surface area contributed by atoms with Gasteiger partial charge in [-0.3, -0.25) is 0 Å². The maximum absolute atomic E-state index is 2.63. The molecule has 0 saturated carbocycles. The van der Waals surface area contributed by atoms with E-state index in [1.807, 2.05) is 0 Å². The molecule has 0 aliphatic rings. The molecule has 0 fully saturated rings. The Labute approximate surface area is 112 Å². The molecule has 0 aliphatic heterocycles. The average molecular weight is 278 g/mol. The van der Waals surface area contributed by atoms with Crippen LogP contribution in [0.25, 0.3) is 0 Å². The van der Waals surface area contributed by atoms with Crippen molar-refractivity contribution in [2.75, 3.05) is 19.2 Å². The first-order valence-corrected chi connectivity index (χ1v) is 12.3. The summed E-state index contributed by atoms with van der Waals surface area (Å²) in [5.41, 5.74) is 3.55. The maximum Gasteiger partial charge on any atom is 0.160 e. The second-order valence-corrected chi connectivity index (χ2v) is 17.9. The second kappa shape index (κ2) is 6.34. The zero-order valence-corrected chi connectivity index (χ0v) is 15.7. The molecule has 0 spiro atoms. The largest absolute Gasteiger partial charge is 0.160 e. The molecular weight excluding hydrogens is 242 g/mol. The van der Waals surface area contributed by atoms with Crippen LogP contribution in [0.1, 0.15) is 55.4 Å². The van der Waals surface area contributed by atoms with Gasteiger partial charge in [0, 0.05) is 0 Å². The highest BCUT2D eigenvalue weighted by Gasteiger charge is 2.52. The van der Waals surface area contributed by atoms with Gasteiger partial charge in [-0.05, 0) is 55.4 Å². The van der Waals surface area contributed by atoms with E-state index in [0.717, 1.165) is 22.6 Å². The molecule has 0 amide bonds. The Balaban J connectivity index is 5.22. The quantitative estimate of drug-likeness (QED) is 0.533. The van der Waals surface area contributed by atoms with E-state index in [4.69, 9.17) is 0 Å². The molecule has 0 nitrogen and oxygen atoms in total. The van der Waals surface area contributed by atoms with Crippen molar-refractivity contribution >= 4 is 14.5 Å². The third-order valence-corrected chi connectivity index (χ3v) is 19.6. The Morgan fingerprint density at radius 2 is 0.706 bits per heavy atom. The Kier molecular flexibility index (Phi) is 6.66. The summed E-state index contributed by atoms with van der Waals surface area (Å²) in [6, 6.07) is 0. The maximum atomic E-state index is 2.63. The summed E-state index contributed by atoms with van der Waals surface area (Å²) >= 11 is 0. The van der Waals surface area contributed by atoms with E-state index >= 15 is 0 Å². The summed E-state index contributed by atoms with van der Waals surface area (Å²) in [5.74, 6) is 1.56. The third-order valence-electron chi connectivity index (χ3n) is 5.33. The fourth-order valence-corrected chi connectivity index (χ4v) is 15.4. The summed E-state index contributed by atoms with van der Waals surface area (Å²) in [4.78, 5) is 0. The minimum absolute atomic E-state index is 0.793. The lowest BCUT2D eigenvalue weighted by Crippen LogP contribution is -2.25. The molecule has 0 unspecified atom stereocenters. The van der Waals surface area contributed by atoms with Gasteiger partial charge < -0.3 is 0 Å². The van der Waals surface area contributed by atoms with Crippen LogP contribution in [0.2, 0.25) is 0 Å². The van der Waals surface area contributed by atoms with Gasteiger partial charge in [0.2, 0.25) is 0 Å². The van der Waals surface area contributed by atoms with Crippen LogP contribution in [0.15, 0.2) is 0 Å². The summed E-state index contributed by atoms with van der Waals surface area (Å²) in [7, 11) is -1.59. The lowest BCUT2D eigenvalue weighted by molar-refractivity contribution is 0.965. The first kappa shape index (κ1) is 17.9. The summed E-state index contributed by atoms with van der Waals surface area (Å²) in [5, 5.41) is 0. The van der Waals surface area contributed by atoms with Gasteiger partial charge in [0.1, 0.15) is 0 Å². The highest BCUT2D eigenvalue weighted by Crippen LogP contribution is 2.78. The topological polar surface area (TPSA) is 0 Å². The molecule has 0 atom stereocenters. The average Bonchev–Trinajstić information content (AvgIpc) is 2.15. The standard InChI is InChI=1S/C15H36P2/c1-12(2)16(9,13(3)4)11-17(10,14(5)6)15(7)8/h12-15H,11H2,1-10H3/q+2. The summed E-state index contributed by atoms with van der Waals surface area (Å²) in [6.45, 7) is 24.9. The fraction of sp³-hybridized carbons (Fsp3) is 1.00. The van der Waals surface area contributed by atoms with Gasteiger partial charge in [-0.15, -0.1) is 0 Å². The van der Waals surface area contributed by atoms with E-state index in [1.54, 1.807) is 5.90 Å². The van der Waals surface area contributed by atoms with E-state index in [1.165, 1.54) is 0 Å². The first-order chi connectivity index (χ1) is 7.48. The van der Waals surface area contributed by atoms with Gasteiger partial charge in [-0.25, -0.2) is 0 Å². The molecule has 0 aromatic rings. The van der Waals surface area contributed by atoms with Crippen molar-refractivity contribution < 1.29 is 0 Å². The van der Waals surface area contributed by atoms with Gasteiger partial charge >= 0.3 is 0 Å². The molecule has 104 valence electrons. The summed E-state index contributed by atoms with van der Waals surface area (Å²) in [6.07, 6.45) is 0. The zero-order valence-electron chi connectivity index (χ0n) is 13.9. The number of hydrogen-bond donors (Lipinski definition) is 0. The van der Waals surface area contributed by atoms with E-state index in [9.17, 15) is 0 Å². The Morgan fingerprint density at radius 3 is 0.824 bits per heavy atom. The number of rotatable bonds is 6. The smallest absolute Gasteiger partial charge is 0.0284 e. The fourth-order valence-electron chi connectivity index (χ4n) is 2.50. The van der Waals surface area contributed by atoms with Crippen LogP contribution in [0, 0.1) is 0 Å². The normalized spacial score (nSPS) is 14.5. The van der Waals surface area contributed by atoms with Crippen LogP contribution in [-0.2, 0) is 0 Å². The van der Waals surface area contributed by atoms with Crippen molar-refractivity contribution in [2.24, 2.45) is 0 Å². The van der Waals surface area contributed by atoms with Crippen LogP contribution in [0.5, 0.6) is 0 Å². The van der Waals surface area contributed by atoms with Crippen LogP contribution in [-0.4, -0.2) is 41.9 Å². The zero-order chi connectivity index (χ0) is 14.0. The van der Waals surface area contributed by atoms with Crippen LogP contribution < -0.4 is 0 Å². The minimum Gasteiger partial charge on any atom is -0.0284 e. The number of hydrogen-bond acceptors (Lipinski definition) is 0. The van der Waals surface area contributed by atoms with Gasteiger partial charge in [0.05, 0.1) is 50.5 Å². The third kappa shape index (κ3) is 3.91. The van der Waals surface area contributed by atoms with E-state index in [2.05, 4.69) is 68.7 Å². The van der Waals surface area contributed by atoms with Crippen molar-refractivity contribution in [1.82, 2.24) is 0 Å². The van der Waals surface area contributed by atoms with Gasteiger partial charge in [-0.2, -0.15) is 0 Å². The molecule has 0 aromatic heterocycles. The van der Waals surface area contributed by atoms with E-state index in [-0.39, 0.29) is 0 Å². The predicted molar refractivity (Wildman–Crippen MR) is 91.1 cm³/mol. The molecule has 0 aromatic carbocycles.